The van der Waals surface area contributed by atoms with Crippen molar-refractivity contribution < 1.29 is 5.11 Å². The average Bonchev–Trinajstić information content (AvgIpc) is 2.35. The zero-order chi connectivity index (χ0) is 6.27. The summed E-state index contributed by atoms with van der Waals surface area (Å²) in [6.07, 6.45) is 6.50. The van der Waals surface area contributed by atoms with Crippen LogP contribution in [0, 0.1) is 11.8 Å². The lowest BCUT2D eigenvalue weighted by molar-refractivity contribution is 0.126. The molecular weight excluding hydrogens is 112 g/mol. The second kappa shape index (κ2) is 1.98. The van der Waals surface area contributed by atoms with Crippen molar-refractivity contribution >= 4 is 0 Å². The number of rotatable bonds is 0. The number of hydrogen-bond acceptors (Lipinski definition) is 1. The van der Waals surface area contributed by atoms with Crippen molar-refractivity contribution in [1.82, 2.24) is 0 Å². The zero-order valence-electron chi connectivity index (χ0n) is 5.71. The Hall–Kier alpha value is -0.0400. The Balaban J connectivity index is 2.07. The molecule has 9 heavy (non-hydrogen) atoms. The molecule has 1 heteroatoms. The molecule has 52 valence electrons. The highest BCUT2D eigenvalue weighted by molar-refractivity contribution is 4.88. The van der Waals surface area contributed by atoms with Crippen molar-refractivity contribution in [2.45, 2.75) is 38.2 Å². The second-order valence-electron chi connectivity index (χ2n) is 3.50. The Morgan fingerprint density at radius 2 is 1.89 bits per heavy atom. The highest BCUT2D eigenvalue weighted by atomic mass is 16.3. The molecule has 0 spiro atoms. The lowest BCUT2D eigenvalue weighted by atomic mass is 9.99. The predicted octanol–water partition coefficient (Wildman–Crippen LogP) is 1.56. The quantitative estimate of drug-likeness (QED) is 0.522. The fourth-order valence-electron chi connectivity index (χ4n) is 2.53. The van der Waals surface area contributed by atoms with Gasteiger partial charge in [-0.15, -0.1) is 0 Å². The van der Waals surface area contributed by atoms with E-state index >= 15 is 0 Å². The number of hydrogen-bond donors (Lipinski definition) is 1. The maximum atomic E-state index is 9.40. The van der Waals surface area contributed by atoms with E-state index in [0.717, 1.165) is 12.3 Å². The topological polar surface area (TPSA) is 20.2 Å². The summed E-state index contributed by atoms with van der Waals surface area (Å²) in [5, 5.41) is 9.40. The summed E-state index contributed by atoms with van der Waals surface area (Å²) < 4.78 is 0. The number of aliphatic hydroxyl groups excluding tert-OH is 1. The summed E-state index contributed by atoms with van der Waals surface area (Å²) in [7, 11) is 0. The predicted molar refractivity (Wildman–Crippen MR) is 36.1 cm³/mol. The Kier molecular flexibility index (Phi) is 1.26. The third-order valence-corrected chi connectivity index (χ3v) is 3.05. The van der Waals surface area contributed by atoms with E-state index in [0.29, 0.717) is 5.92 Å². The van der Waals surface area contributed by atoms with Crippen LogP contribution in [-0.2, 0) is 0 Å². The molecular formula is C8H14O. The molecule has 3 unspecified atom stereocenters. The van der Waals surface area contributed by atoms with Crippen LogP contribution in [0.15, 0.2) is 0 Å². The van der Waals surface area contributed by atoms with Crippen LogP contribution in [-0.4, -0.2) is 11.2 Å². The van der Waals surface area contributed by atoms with Gasteiger partial charge in [-0.2, -0.15) is 0 Å². The molecule has 2 saturated carbocycles. The molecule has 0 heterocycles. The SMILES string of the molecule is OC1CCC2CCCC12. The van der Waals surface area contributed by atoms with Crippen LogP contribution in [0.5, 0.6) is 0 Å². The third kappa shape index (κ3) is 0.787. The van der Waals surface area contributed by atoms with Gasteiger partial charge in [-0.3, -0.25) is 0 Å². The maximum absolute atomic E-state index is 9.40. The molecule has 1 nitrogen and oxygen atoms in total. The van der Waals surface area contributed by atoms with Gasteiger partial charge in [0, 0.05) is 0 Å². The molecule has 0 amide bonds. The van der Waals surface area contributed by atoms with Gasteiger partial charge in [0.05, 0.1) is 6.10 Å². The lowest BCUT2D eigenvalue weighted by Crippen LogP contribution is -2.13. The van der Waals surface area contributed by atoms with Crippen molar-refractivity contribution in [3.8, 4) is 0 Å². The molecule has 0 aromatic rings. The van der Waals surface area contributed by atoms with E-state index in [4.69, 9.17) is 0 Å². The van der Waals surface area contributed by atoms with Crippen LogP contribution in [0.2, 0.25) is 0 Å². The standard InChI is InChI=1S/C8H14O/c9-8-5-4-6-2-1-3-7(6)8/h6-9H,1-5H2. The van der Waals surface area contributed by atoms with Gasteiger partial charge >= 0.3 is 0 Å². The summed E-state index contributed by atoms with van der Waals surface area (Å²) in [6.45, 7) is 0. The van der Waals surface area contributed by atoms with E-state index in [2.05, 4.69) is 0 Å². The van der Waals surface area contributed by atoms with Crippen LogP contribution < -0.4 is 0 Å². The summed E-state index contributed by atoms with van der Waals surface area (Å²) in [5.41, 5.74) is 0. The molecule has 3 atom stereocenters. The summed E-state index contributed by atoms with van der Waals surface area (Å²) in [5.74, 6) is 1.60. The van der Waals surface area contributed by atoms with E-state index in [9.17, 15) is 5.11 Å². The number of aliphatic hydroxyl groups is 1. The van der Waals surface area contributed by atoms with Crippen LogP contribution in [0.3, 0.4) is 0 Å². The van der Waals surface area contributed by atoms with Gasteiger partial charge in [-0.1, -0.05) is 12.8 Å². The smallest absolute Gasteiger partial charge is 0.0571 e. The largest absolute Gasteiger partial charge is 0.393 e. The molecule has 1 N–H and O–H groups in total. The van der Waals surface area contributed by atoms with Gasteiger partial charge in [0.15, 0.2) is 0 Å². The van der Waals surface area contributed by atoms with E-state index in [1.165, 1.54) is 25.7 Å². The normalized spacial score (nSPS) is 49.7. The first-order chi connectivity index (χ1) is 4.38. The van der Waals surface area contributed by atoms with E-state index in [1.807, 2.05) is 0 Å². The Morgan fingerprint density at radius 3 is 2.67 bits per heavy atom. The minimum absolute atomic E-state index is 0.0671. The van der Waals surface area contributed by atoms with Gasteiger partial charge in [0.25, 0.3) is 0 Å². The van der Waals surface area contributed by atoms with E-state index < -0.39 is 0 Å². The zero-order valence-corrected chi connectivity index (χ0v) is 5.71. The second-order valence-corrected chi connectivity index (χ2v) is 3.50. The Bertz CT molecular complexity index is 111. The van der Waals surface area contributed by atoms with Crippen molar-refractivity contribution in [3.63, 3.8) is 0 Å². The monoisotopic (exact) mass is 126 g/mol. The van der Waals surface area contributed by atoms with Gasteiger partial charge in [0.1, 0.15) is 0 Å². The van der Waals surface area contributed by atoms with Crippen molar-refractivity contribution in [3.05, 3.63) is 0 Å². The van der Waals surface area contributed by atoms with Crippen molar-refractivity contribution in [1.29, 1.82) is 0 Å². The minimum Gasteiger partial charge on any atom is -0.393 e. The first kappa shape index (κ1) is 5.72. The van der Waals surface area contributed by atoms with Crippen molar-refractivity contribution in [2.75, 3.05) is 0 Å². The minimum atomic E-state index is 0.0671. The molecule has 2 aliphatic carbocycles. The Morgan fingerprint density at radius 1 is 1.00 bits per heavy atom. The molecule has 0 aromatic heterocycles. The van der Waals surface area contributed by atoms with Gasteiger partial charge in [-0.05, 0) is 31.1 Å². The summed E-state index contributed by atoms with van der Waals surface area (Å²) >= 11 is 0. The molecule has 2 rings (SSSR count). The van der Waals surface area contributed by atoms with Gasteiger partial charge < -0.3 is 5.11 Å². The molecule has 2 fully saturated rings. The van der Waals surface area contributed by atoms with E-state index in [-0.39, 0.29) is 6.10 Å². The fourth-order valence-corrected chi connectivity index (χ4v) is 2.53. The molecule has 0 bridgehead atoms. The molecule has 0 radical (unpaired) electrons. The van der Waals surface area contributed by atoms with Crippen LogP contribution in [0.1, 0.15) is 32.1 Å². The summed E-state index contributed by atoms with van der Waals surface area (Å²) in [6, 6.07) is 0. The molecule has 2 aliphatic rings. The highest BCUT2D eigenvalue weighted by Crippen LogP contribution is 2.43. The summed E-state index contributed by atoms with van der Waals surface area (Å²) in [4.78, 5) is 0. The van der Waals surface area contributed by atoms with Crippen LogP contribution in [0.4, 0.5) is 0 Å². The van der Waals surface area contributed by atoms with Gasteiger partial charge in [-0.25, -0.2) is 0 Å². The number of fused-ring (bicyclic) bond motifs is 1. The van der Waals surface area contributed by atoms with Crippen molar-refractivity contribution in [2.24, 2.45) is 11.8 Å². The van der Waals surface area contributed by atoms with Crippen LogP contribution in [0.25, 0.3) is 0 Å². The van der Waals surface area contributed by atoms with Crippen LogP contribution >= 0.6 is 0 Å². The maximum Gasteiger partial charge on any atom is 0.0571 e. The Labute approximate surface area is 56.1 Å². The van der Waals surface area contributed by atoms with Gasteiger partial charge in [0.2, 0.25) is 0 Å². The molecule has 0 aromatic carbocycles. The van der Waals surface area contributed by atoms with E-state index in [1.54, 1.807) is 0 Å². The molecule has 0 saturated heterocycles. The average molecular weight is 126 g/mol. The highest BCUT2D eigenvalue weighted by Gasteiger charge is 2.37. The first-order valence-electron chi connectivity index (χ1n) is 4.06. The fraction of sp³-hybridized carbons (Fsp3) is 1.00. The first-order valence-corrected chi connectivity index (χ1v) is 4.06. The molecule has 0 aliphatic heterocycles. The third-order valence-electron chi connectivity index (χ3n) is 3.05. The lowest BCUT2D eigenvalue weighted by Gasteiger charge is -2.10.